The topological polar surface area (TPSA) is 29.1 Å². The molecule has 90 valence electrons. The van der Waals surface area contributed by atoms with Crippen LogP contribution in [0, 0.1) is 0 Å². The van der Waals surface area contributed by atoms with E-state index in [0.717, 1.165) is 30.3 Å². The van der Waals surface area contributed by atoms with Crippen LogP contribution in [0.5, 0.6) is 0 Å². The first-order chi connectivity index (χ1) is 8.69. The molecule has 0 atom stereocenters. The molecule has 2 aromatic carbocycles. The predicted octanol–water partition coefficient (Wildman–Crippen LogP) is 4.22. The lowest BCUT2D eigenvalue weighted by molar-refractivity contribution is 1.53. The first kappa shape index (κ1) is 11.7. The van der Waals surface area contributed by atoms with Crippen molar-refractivity contribution in [1.29, 1.82) is 0 Å². The van der Waals surface area contributed by atoms with Gasteiger partial charge in [-0.05, 0) is 36.4 Å². The van der Waals surface area contributed by atoms with Crippen molar-refractivity contribution in [2.45, 2.75) is 0 Å². The van der Waals surface area contributed by atoms with E-state index in [4.69, 9.17) is 0 Å². The molecule has 1 N–H and O–H groups in total. The average Bonchev–Trinajstić information content (AvgIpc) is 2.40. The van der Waals surface area contributed by atoms with Crippen LogP contribution in [0.4, 0.5) is 5.69 Å². The Morgan fingerprint density at radius 3 is 2.44 bits per heavy atom. The van der Waals surface area contributed by atoms with E-state index in [1.807, 2.05) is 43.4 Å². The number of nitrogens with one attached hydrogen (secondary N) is 1. The number of anilines is 1. The summed E-state index contributed by atoms with van der Waals surface area (Å²) in [5, 5.41) is 4.61. The van der Waals surface area contributed by atoms with E-state index < -0.39 is 0 Å². The summed E-state index contributed by atoms with van der Waals surface area (Å²) in [5.41, 5.74) is 1.05. The number of rotatable bonds is 1. The van der Waals surface area contributed by atoms with Crippen LogP contribution < -0.4 is 10.7 Å². The van der Waals surface area contributed by atoms with Crippen LogP contribution in [-0.2, 0) is 0 Å². The van der Waals surface area contributed by atoms with Gasteiger partial charge in [-0.2, -0.15) is 0 Å². The molecule has 1 aromatic heterocycles. The molecular formula is C14H10BrNOS. The van der Waals surface area contributed by atoms with Crippen LogP contribution in [0.25, 0.3) is 20.2 Å². The molecular weight excluding hydrogens is 310 g/mol. The molecule has 0 saturated heterocycles. The van der Waals surface area contributed by atoms with Gasteiger partial charge < -0.3 is 5.32 Å². The van der Waals surface area contributed by atoms with Crippen molar-refractivity contribution in [2.24, 2.45) is 0 Å². The smallest absolute Gasteiger partial charge is 0.195 e. The summed E-state index contributed by atoms with van der Waals surface area (Å²) < 4.78 is 2.98. The molecule has 0 spiro atoms. The Morgan fingerprint density at radius 2 is 1.72 bits per heavy atom. The maximum Gasteiger partial charge on any atom is 0.195 e. The number of benzene rings is 2. The quantitative estimate of drug-likeness (QED) is 0.680. The molecule has 2 nitrogen and oxygen atoms in total. The van der Waals surface area contributed by atoms with E-state index in [1.165, 1.54) is 0 Å². The number of halogens is 1. The summed E-state index contributed by atoms with van der Waals surface area (Å²) in [4.78, 5) is 12.5. The van der Waals surface area contributed by atoms with E-state index >= 15 is 0 Å². The highest BCUT2D eigenvalue weighted by Crippen LogP contribution is 2.28. The second kappa shape index (κ2) is 4.37. The third-order valence-corrected chi connectivity index (χ3v) is 4.56. The van der Waals surface area contributed by atoms with Gasteiger partial charge in [-0.15, -0.1) is 11.3 Å². The zero-order valence-electron chi connectivity index (χ0n) is 9.66. The molecule has 3 aromatic rings. The van der Waals surface area contributed by atoms with Gasteiger partial charge in [-0.25, -0.2) is 0 Å². The SMILES string of the molecule is CNc1ccc2sc3ccc(Br)cc3c(=O)c2c1. The lowest BCUT2D eigenvalue weighted by atomic mass is 10.1. The van der Waals surface area contributed by atoms with Crippen LogP contribution >= 0.6 is 27.3 Å². The molecule has 0 bridgehead atoms. The Morgan fingerprint density at radius 1 is 1.06 bits per heavy atom. The molecule has 0 fully saturated rings. The highest BCUT2D eigenvalue weighted by Gasteiger charge is 2.06. The summed E-state index contributed by atoms with van der Waals surface area (Å²) in [6, 6.07) is 11.7. The normalized spacial score (nSPS) is 11.0. The fourth-order valence-corrected chi connectivity index (χ4v) is 3.38. The van der Waals surface area contributed by atoms with Gasteiger partial charge in [0.25, 0.3) is 0 Å². The maximum atomic E-state index is 12.5. The van der Waals surface area contributed by atoms with Gasteiger partial charge >= 0.3 is 0 Å². The Hall–Kier alpha value is -1.39. The molecule has 0 radical (unpaired) electrons. The first-order valence-corrected chi connectivity index (χ1v) is 7.14. The van der Waals surface area contributed by atoms with E-state index in [0.29, 0.717) is 0 Å². The van der Waals surface area contributed by atoms with Crippen molar-refractivity contribution < 1.29 is 0 Å². The minimum atomic E-state index is 0.0946. The van der Waals surface area contributed by atoms with E-state index in [2.05, 4.69) is 21.2 Å². The summed E-state index contributed by atoms with van der Waals surface area (Å²) in [6.07, 6.45) is 0. The third kappa shape index (κ3) is 1.82. The number of hydrogen-bond acceptors (Lipinski definition) is 3. The van der Waals surface area contributed by atoms with Crippen LogP contribution in [0.2, 0.25) is 0 Å². The van der Waals surface area contributed by atoms with Crippen molar-refractivity contribution in [1.82, 2.24) is 0 Å². The Kier molecular flexibility index (Phi) is 2.84. The van der Waals surface area contributed by atoms with Crippen molar-refractivity contribution in [2.75, 3.05) is 12.4 Å². The molecule has 18 heavy (non-hydrogen) atoms. The van der Waals surface area contributed by atoms with Gasteiger partial charge in [0.05, 0.1) is 0 Å². The molecule has 0 aliphatic rings. The maximum absolute atomic E-state index is 12.5. The van der Waals surface area contributed by atoms with Crippen LogP contribution in [-0.4, -0.2) is 7.05 Å². The highest BCUT2D eigenvalue weighted by molar-refractivity contribution is 9.10. The molecule has 0 unspecified atom stereocenters. The van der Waals surface area contributed by atoms with Crippen LogP contribution in [0.1, 0.15) is 0 Å². The largest absolute Gasteiger partial charge is 0.388 e. The van der Waals surface area contributed by atoms with Gasteiger partial charge in [0.15, 0.2) is 5.43 Å². The molecule has 3 rings (SSSR count). The van der Waals surface area contributed by atoms with Crippen LogP contribution in [0.15, 0.2) is 45.7 Å². The summed E-state index contributed by atoms with van der Waals surface area (Å²) in [6.45, 7) is 0. The van der Waals surface area contributed by atoms with Gasteiger partial charge in [-0.1, -0.05) is 15.9 Å². The fraction of sp³-hybridized carbons (Fsp3) is 0.0714. The zero-order valence-corrected chi connectivity index (χ0v) is 12.1. The summed E-state index contributed by atoms with van der Waals surface area (Å²) in [7, 11) is 1.85. The molecule has 1 heterocycles. The van der Waals surface area contributed by atoms with Gasteiger partial charge in [-0.3, -0.25) is 4.79 Å². The molecule has 0 amide bonds. The monoisotopic (exact) mass is 319 g/mol. The summed E-state index contributed by atoms with van der Waals surface area (Å²) in [5.74, 6) is 0. The van der Waals surface area contributed by atoms with Crippen molar-refractivity contribution in [3.8, 4) is 0 Å². The molecule has 0 aliphatic heterocycles. The van der Waals surface area contributed by atoms with Crippen LogP contribution in [0.3, 0.4) is 0 Å². The van der Waals surface area contributed by atoms with Crippen molar-refractivity contribution in [3.63, 3.8) is 0 Å². The van der Waals surface area contributed by atoms with E-state index in [1.54, 1.807) is 11.3 Å². The number of fused-ring (bicyclic) bond motifs is 2. The second-order valence-corrected chi connectivity index (χ2v) is 6.03. The Bertz CT molecular complexity index is 810. The Labute approximate surface area is 116 Å². The first-order valence-electron chi connectivity index (χ1n) is 5.53. The van der Waals surface area contributed by atoms with Crippen molar-refractivity contribution >= 4 is 53.1 Å². The standard InChI is InChI=1S/C14H10BrNOS/c1-16-9-3-5-13-11(7-9)14(17)10-6-8(15)2-4-12(10)18-13/h2-7,16H,1H3. The highest BCUT2D eigenvalue weighted by atomic mass is 79.9. The lowest BCUT2D eigenvalue weighted by Gasteiger charge is -2.04. The minimum Gasteiger partial charge on any atom is -0.388 e. The molecule has 0 aliphatic carbocycles. The number of hydrogen-bond donors (Lipinski definition) is 1. The van der Waals surface area contributed by atoms with Gasteiger partial charge in [0.2, 0.25) is 0 Å². The lowest BCUT2D eigenvalue weighted by Crippen LogP contribution is -2.01. The van der Waals surface area contributed by atoms with E-state index in [-0.39, 0.29) is 5.43 Å². The van der Waals surface area contributed by atoms with Gasteiger partial charge in [0.1, 0.15) is 0 Å². The average molecular weight is 320 g/mol. The minimum absolute atomic E-state index is 0.0946. The van der Waals surface area contributed by atoms with Gasteiger partial charge in [0, 0.05) is 37.4 Å². The third-order valence-electron chi connectivity index (χ3n) is 2.92. The predicted molar refractivity (Wildman–Crippen MR) is 82.8 cm³/mol. The molecule has 4 heteroatoms. The second-order valence-electron chi connectivity index (χ2n) is 4.03. The fourth-order valence-electron chi connectivity index (χ4n) is 1.98. The Balaban J connectivity index is 2.49. The summed E-state index contributed by atoms with van der Waals surface area (Å²) >= 11 is 5.06. The zero-order chi connectivity index (χ0) is 12.7. The van der Waals surface area contributed by atoms with E-state index in [9.17, 15) is 4.79 Å². The molecule has 0 saturated carbocycles. The van der Waals surface area contributed by atoms with Crippen molar-refractivity contribution in [3.05, 3.63) is 51.1 Å².